The number of aromatic nitrogens is 2. The number of aryl methyl sites for hydroxylation is 1. The highest BCUT2D eigenvalue weighted by Gasteiger charge is 2.31. The first-order chi connectivity index (χ1) is 9.56. The highest BCUT2D eigenvalue weighted by molar-refractivity contribution is 5.71. The number of anilines is 1. The molecule has 1 unspecified atom stereocenters. The minimum atomic E-state index is -0.694. The zero-order valence-corrected chi connectivity index (χ0v) is 12.1. The zero-order chi connectivity index (χ0) is 14.3. The number of piperidine rings is 1. The monoisotopic (exact) mass is 275 g/mol. The third kappa shape index (κ3) is 2.49. The van der Waals surface area contributed by atoms with Crippen molar-refractivity contribution in [1.82, 2.24) is 9.97 Å². The second kappa shape index (κ2) is 5.04. The molecule has 1 saturated heterocycles. The van der Waals surface area contributed by atoms with E-state index in [1.807, 2.05) is 13.8 Å². The molecule has 1 aliphatic carbocycles. The van der Waals surface area contributed by atoms with Gasteiger partial charge in [-0.25, -0.2) is 9.97 Å². The molecule has 0 amide bonds. The predicted molar refractivity (Wildman–Crippen MR) is 76.1 cm³/mol. The van der Waals surface area contributed by atoms with Crippen molar-refractivity contribution in [3.63, 3.8) is 0 Å². The fourth-order valence-electron chi connectivity index (χ4n) is 2.84. The summed E-state index contributed by atoms with van der Waals surface area (Å²) in [6.07, 6.45) is 4.04. The Hall–Kier alpha value is -1.65. The summed E-state index contributed by atoms with van der Waals surface area (Å²) in [5.74, 6) is 1.45. The molecule has 1 aromatic rings. The van der Waals surface area contributed by atoms with Gasteiger partial charge in [-0.15, -0.1) is 0 Å². The fraction of sp³-hybridized carbons (Fsp3) is 0.667. The molecule has 1 N–H and O–H groups in total. The summed E-state index contributed by atoms with van der Waals surface area (Å²) in [5, 5.41) is 9.22. The van der Waals surface area contributed by atoms with Crippen molar-refractivity contribution < 1.29 is 9.90 Å². The van der Waals surface area contributed by atoms with E-state index in [-0.39, 0.29) is 5.92 Å². The first-order valence-corrected chi connectivity index (χ1v) is 7.39. The quantitative estimate of drug-likeness (QED) is 0.916. The molecular weight excluding hydrogens is 254 g/mol. The third-order valence-electron chi connectivity index (χ3n) is 4.39. The average molecular weight is 275 g/mol. The maximum Gasteiger partial charge on any atom is 0.308 e. The van der Waals surface area contributed by atoms with Gasteiger partial charge in [0, 0.05) is 30.3 Å². The van der Waals surface area contributed by atoms with Crippen LogP contribution in [0.5, 0.6) is 0 Å². The number of carboxylic acid groups (broad SMARTS) is 1. The van der Waals surface area contributed by atoms with Crippen molar-refractivity contribution in [3.8, 4) is 0 Å². The van der Waals surface area contributed by atoms with E-state index in [4.69, 9.17) is 4.98 Å². The summed E-state index contributed by atoms with van der Waals surface area (Å²) >= 11 is 0. The van der Waals surface area contributed by atoms with Gasteiger partial charge < -0.3 is 10.0 Å². The zero-order valence-electron chi connectivity index (χ0n) is 12.1. The Bertz CT molecular complexity index is 540. The molecule has 0 bridgehead atoms. The van der Waals surface area contributed by atoms with Crippen LogP contribution in [-0.2, 0) is 4.79 Å². The first kappa shape index (κ1) is 13.3. The van der Waals surface area contributed by atoms with Crippen LogP contribution < -0.4 is 4.90 Å². The minimum Gasteiger partial charge on any atom is -0.481 e. The minimum absolute atomic E-state index is 0.275. The summed E-state index contributed by atoms with van der Waals surface area (Å²) in [6, 6.07) is 0. The van der Waals surface area contributed by atoms with Crippen LogP contribution in [0.1, 0.15) is 48.7 Å². The largest absolute Gasteiger partial charge is 0.481 e. The Morgan fingerprint density at radius 1 is 1.25 bits per heavy atom. The fourth-order valence-corrected chi connectivity index (χ4v) is 2.84. The molecule has 20 heavy (non-hydrogen) atoms. The first-order valence-electron chi connectivity index (χ1n) is 7.39. The lowest BCUT2D eigenvalue weighted by Gasteiger charge is -2.33. The molecule has 2 aliphatic rings. The van der Waals surface area contributed by atoms with Gasteiger partial charge in [-0.2, -0.15) is 0 Å². The molecule has 2 fully saturated rings. The van der Waals surface area contributed by atoms with E-state index >= 15 is 0 Å². The van der Waals surface area contributed by atoms with Gasteiger partial charge in [-0.3, -0.25) is 4.79 Å². The SMILES string of the molecule is Cc1nc(C2CC2)nc(N2CCCC(C(=O)O)C2)c1C. The van der Waals surface area contributed by atoms with Crippen molar-refractivity contribution in [2.45, 2.75) is 45.4 Å². The molecule has 1 aromatic heterocycles. The normalized spacial score (nSPS) is 22.9. The van der Waals surface area contributed by atoms with Crippen molar-refractivity contribution >= 4 is 11.8 Å². The molecule has 1 atom stereocenters. The number of hydrogen-bond donors (Lipinski definition) is 1. The van der Waals surface area contributed by atoms with Gasteiger partial charge in [0.2, 0.25) is 0 Å². The molecule has 5 nitrogen and oxygen atoms in total. The summed E-state index contributed by atoms with van der Waals surface area (Å²) in [5.41, 5.74) is 2.11. The lowest BCUT2D eigenvalue weighted by molar-refractivity contribution is -0.141. The number of rotatable bonds is 3. The Labute approximate surface area is 119 Å². The van der Waals surface area contributed by atoms with Gasteiger partial charge in [0.1, 0.15) is 11.6 Å². The van der Waals surface area contributed by atoms with E-state index in [2.05, 4.69) is 9.88 Å². The van der Waals surface area contributed by atoms with Gasteiger partial charge >= 0.3 is 5.97 Å². The van der Waals surface area contributed by atoms with E-state index in [1.165, 1.54) is 12.8 Å². The molecule has 0 aromatic carbocycles. The molecule has 2 heterocycles. The Morgan fingerprint density at radius 3 is 2.65 bits per heavy atom. The highest BCUT2D eigenvalue weighted by atomic mass is 16.4. The molecular formula is C15H21N3O2. The number of aliphatic carboxylic acids is 1. The molecule has 3 rings (SSSR count). The molecule has 1 aliphatic heterocycles. The maximum atomic E-state index is 11.2. The molecule has 0 spiro atoms. The molecule has 1 saturated carbocycles. The van der Waals surface area contributed by atoms with Crippen LogP contribution >= 0.6 is 0 Å². The molecule has 0 radical (unpaired) electrons. The van der Waals surface area contributed by atoms with Crippen molar-refractivity contribution in [3.05, 3.63) is 17.1 Å². The summed E-state index contributed by atoms with van der Waals surface area (Å²) < 4.78 is 0. The van der Waals surface area contributed by atoms with Crippen LogP contribution in [0.3, 0.4) is 0 Å². The van der Waals surface area contributed by atoms with E-state index in [0.717, 1.165) is 42.3 Å². The average Bonchev–Trinajstić information content (AvgIpc) is 3.26. The second-order valence-corrected chi connectivity index (χ2v) is 6.01. The lowest BCUT2D eigenvalue weighted by Crippen LogP contribution is -2.39. The topological polar surface area (TPSA) is 66.3 Å². The van der Waals surface area contributed by atoms with Gasteiger partial charge in [0.05, 0.1) is 5.92 Å². The summed E-state index contributed by atoms with van der Waals surface area (Å²) in [4.78, 5) is 22.7. The number of carbonyl (C=O) groups is 1. The number of carboxylic acids is 1. The van der Waals surface area contributed by atoms with E-state index in [9.17, 15) is 9.90 Å². The second-order valence-electron chi connectivity index (χ2n) is 6.01. The van der Waals surface area contributed by atoms with E-state index in [0.29, 0.717) is 12.5 Å². The maximum absolute atomic E-state index is 11.2. The number of hydrogen-bond acceptors (Lipinski definition) is 4. The van der Waals surface area contributed by atoms with Crippen LogP contribution in [-0.4, -0.2) is 34.1 Å². The van der Waals surface area contributed by atoms with Crippen LogP contribution in [0.2, 0.25) is 0 Å². The van der Waals surface area contributed by atoms with Crippen LogP contribution in [0.25, 0.3) is 0 Å². The van der Waals surface area contributed by atoms with Gasteiger partial charge in [-0.05, 0) is 39.5 Å². The summed E-state index contributed by atoms with van der Waals surface area (Å²) in [6.45, 7) is 5.51. The standard InChI is InChI=1S/C15H21N3O2/c1-9-10(2)16-13(11-5-6-11)17-14(9)18-7-3-4-12(8-18)15(19)20/h11-12H,3-8H2,1-2H3,(H,19,20). The van der Waals surface area contributed by atoms with Crippen molar-refractivity contribution in [2.75, 3.05) is 18.0 Å². The number of nitrogens with zero attached hydrogens (tertiary/aromatic N) is 3. The summed E-state index contributed by atoms with van der Waals surface area (Å²) in [7, 11) is 0. The van der Waals surface area contributed by atoms with Gasteiger partial charge in [0.25, 0.3) is 0 Å². The van der Waals surface area contributed by atoms with Crippen molar-refractivity contribution in [1.29, 1.82) is 0 Å². The molecule has 108 valence electrons. The van der Waals surface area contributed by atoms with Gasteiger partial charge in [0.15, 0.2) is 0 Å². The predicted octanol–water partition coefficient (Wildman–Crippen LogP) is 2.27. The third-order valence-corrected chi connectivity index (χ3v) is 4.39. The van der Waals surface area contributed by atoms with Crippen LogP contribution in [0.4, 0.5) is 5.82 Å². The van der Waals surface area contributed by atoms with Gasteiger partial charge in [-0.1, -0.05) is 0 Å². The Morgan fingerprint density at radius 2 is 2.00 bits per heavy atom. The Balaban J connectivity index is 1.90. The van der Waals surface area contributed by atoms with E-state index < -0.39 is 5.97 Å². The lowest BCUT2D eigenvalue weighted by atomic mass is 9.98. The highest BCUT2D eigenvalue weighted by Crippen LogP contribution is 2.39. The van der Waals surface area contributed by atoms with Crippen LogP contribution in [0, 0.1) is 19.8 Å². The van der Waals surface area contributed by atoms with Crippen molar-refractivity contribution in [2.24, 2.45) is 5.92 Å². The van der Waals surface area contributed by atoms with E-state index in [1.54, 1.807) is 0 Å². The smallest absolute Gasteiger partial charge is 0.308 e. The molecule has 5 heteroatoms. The van der Waals surface area contributed by atoms with Crippen LogP contribution in [0.15, 0.2) is 0 Å². The Kier molecular flexibility index (Phi) is 3.36.